The second-order valence-electron chi connectivity index (χ2n) is 2.80. The molecule has 0 saturated heterocycles. The van der Waals surface area contributed by atoms with E-state index >= 15 is 0 Å². The van der Waals surface area contributed by atoms with Crippen molar-refractivity contribution in [3.8, 4) is 0 Å². The molecule has 9 heavy (non-hydrogen) atoms. The fourth-order valence-electron chi connectivity index (χ4n) is 0.270. The van der Waals surface area contributed by atoms with Crippen molar-refractivity contribution in [1.82, 2.24) is 0 Å². The third-order valence-electron chi connectivity index (χ3n) is 0.802. The standard InChI is InChI=1S/C6H11O2S/c1-6(2,3)5(8)9-4-7/h4H2,1-3H3. The summed E-state index contributed by atoms with van der Waals surface area (Å²) in [6.45, 7) is 5.41. The monoisotopic (exact) mass is 147 g/mol. The molecule has 53 valence electrons. The lowest BCUT2D eigenvalue weighted by Gasteiger charge is -2.13. The van der Waals surface area contributed by atoms with Crippen LogP contribution in [0.1, 0.15) is 20.8 Å². The van der Waals surface area contributed by atoms with E-state index < -0.39 is 0 Å². The number of hydrogen-bond donors (Lipinski definition) is 0. The zero-order valence-corrected chi connectivity index (χ0v) is 6.75. The van der Waals surface area contributed by atoms with Gasteiger partial charge in [0.05, 0.1) is 0 Å². The molecule has 0 fully saturated rings. The molecule has 0 aromatic heterocycles. The van der Waals surface area contributed by atoms with Gasteiger partial charge in [0.1, 0.15) is 5.94 Å². The van der Waals surface area contributed by atoms with Crippen LogP contribution in [0, 0.1) is 5.41 Å². The Bertz CT molecular complexity index is 104. The fraction of sp³-hybridized carbons (Fsp3) is 0.833. The molecule has 0 saturated carbocycles. The van der Waals surface area contributed by atoms with Crippen LogP contribution in [0.25, 0.3) is 0 Å². The van der Waals surface area contributed by atoms with Crippen molar-refractivity contribution in [3.63, 3.8) is 0 Å². The summed E-state index contributed by atoms with van der Waals surface area (Å²) in [5, 5.41) is 9.90. The van der Waals surface area contributed by atoms with Gasteiger partial charge in [-0.3, -0.25) is 4.79 Å². The Kier molecular flexibility index (Phi) is 3.22. The van der Waals surface area contributed by atoms with Crippen LogP contribution < -0.4 is 0 Å². The van der Waals surface area contributed by atoms with Gasteiger partial charge in [-0.15, -0.1) is 0 Å². The minimum Gasteiger partial charge on any atom is -0.287 e. The van der Waals surface area contributed by atoms with Gasteiger partial charge in [-0.05, 0) is 0 Å². The summed E-state index contributed by atoms with van der Waals surface area (Å²) in [6, 6.07) is 0. The van der Waals surface area contributed by atoms with E-state index in [1.165, 1.54) is 0 Å². The minimum atomic E-state index is -0.366. The maximum atomic E-state index is 10.8. The number of carbonyl (C=O) groups is 1. The summed E-state index contributed by atoms with van der Waals surface area (Å²) in [5.41, 5.74) is -0.366. The normalized spacial score (nSPS) is 11.6. The smallest absolute Gasteiger partial charge is 0.196 e. The van der Waals surface area contributed by atoms with Crippen molar-refractivity contribution in [2.45, 2.75) is 20.8 Å². The van der Waals surface area contributed by atoms with Crippen molar-refractivity contribution in [2.24, 2.45) is 5.41 Å². The molecule has 0 atom stereocenters. The maximum Gasteiger partial charge on any atom is 0.196 e. The molecule has 0 spiro atoms. The molecule has 0 amide bonds. The van der Waals surface area contributed by atoms with Crippen LogP contribution in [0.5, 0.6) is 0 Å². The molecule has 3 heteroatoms. The zero-order valence-electron chi connectivity index (χ0n) is 5.93. The van der Waals surface area contributed by atoms with Crippen LogP contribution in [0.3, 0.4) is 0 Å². The van der Waals surface area contributed by atoms with Gasteiger partial charge in [-0.1, -0.05) is 32.5 Å². The molecule has 0 bridgehead atoms. The van der Waals surface area contributed by atoms with E-state index in [-0.39, 0.29) is 16.5 Å². The predicted octanol–water partition coefficient (Wildman–Crippen LogP) is 1.68. The fourth-order valence-corrected chi connectivity index (χ4v) is 0.810. The van der Waals surface area contributed by atoms with Gasteiger partial charge in [0.15, 0.2) is 5.12 Å². The van der Waals surface area contributed by atoms with E-state index in [1.807, 2.05) is 0 Å². The van der Waals surface area contributed by atoms with Crippen molar-refractivity contribution in [3.05, 3.63) is 0 Å². The number of hydrogen-bond acceptors (Lipinski definition) is 2. The predicted molar refractivity (Wildman–Crippen MR) is 37.6 cm³/mol. The Balaban J connectivity index is 3.74. The molecule has 0 unspecified atom stereocenters. The largest absolute Gasteiger partial charge is 0.287 e. The first-order valence-corrected chi connectivity index (χ1v) is 3.72. The Morgan fingerprint density at radius 3 is 2.00 bits per heavy atom. The number of thioether (sulfide) groups is 1. The van der Waals surface area contributed by atoms with Crippen LogP contribution in [0.4, 0.5) is 0 Å². The average molecular weight is 147 g/mol. The van der Waals surface area contributed by atoms with Gasteiger partial charge in [0.2, 0.25) is 0 Å². The van der Waals surface area contributed by atoms with E-state index in [2.05, 4.69) is 0 Å². The quantitative estimate of drug-likeness (QED) is 0.529. The van der Waals surface area contributed by atoms with Gasteiger partial charge in [-0.2, -0.15) is 0 Å². The van der Waals surface area contributed by atoms with E-state index in [1.54, 1.807) is 20.8 Å². The van der Waals surface area contributed by atoms with Crippen LogP contribution in [0.15, 0.2) is 0 Å². The third-order valence-corrected chi connectivity index (χ3v) is 1.79. The van der Waals surface area contributed by atoms with Gasteiger partial charge in [0.25, 0.3) is 0 Å². The van der Waals surface area contributed by atoms with Crippen LogP contribution in [-0.4, -0.2) is 11.1 Å². The highest BCUT2D eigenvalue weighted by molar-refractivity contribution is 8.13. The topological polar surface area (TPSA) is 37.0 Å². The highest BCUT2D eigenvalue weighted by Gasteiger charge is 2.20. The van der Waals surface area contributed by atoms with Gasteiger partial charge >= 0.3 is 0 Å². The second kappa shape index (κ2) is 3.22. The molecule has 0 heterocycles. The van der Waals surface area contributed by atoms with Crippen LogP contribution >= 0.6 is 11.8 Å². The van der Waals surface area contributed by atoms with E-state index in [0.717, 1.165) is 11.8 Å². The first kappa shape index (κ1) is 8.98. The van der Waals surface area contributed by atoms with Gasteiger partial charge < -0.3 is 0 Å². The molecule has 0 aliphatic carbocycles. The molecule has 0 aliphatic rings. The van der Waals surface area contributed by atoms with Crippen molar-refractivity contribution >= 4 is 16.9 Å². The first-order chi connectivity index (χ1) is 3.98. The van der Waals surface area contributed by atoms with Gasteiger partial charge in [0, 0.05) is 5.41 Å². The highest BCUT2D eigenvalue weighted by atomic mass is 32.2. The summed E-state index contributed by atoms with van der Waals surface area (Å²) >= 11 is 0.844. The van der Waals surface area contributed by atoms with Crippen molar-refractivity contribution in [1.29, 1.82) is 0 Å². The molecule has 2 nitrogen and oxygen atoms in total. The Hall–Kier alpha value is -0.0200. The van der Waals surface area contributed by atoms with Crippen molar-refractivity contribution in [2.75, 3.05) is 5.94 Å². The molecule has 0 rings (SSSR count). The molecule has 1 radical (unpaired) electrons. The lowest BCUT2D eigenvalue weighted by atomic mass is 10.00. The summed E-state index contributed by atoms with van der Waals surface area (Å²) in [6.07, 6.45) is 0. The van der Waals surface area contributed by atoms with Crippen molar-refractivity contribution < 1.29 is 9.90 Å². The van der Waals surface area contributed by atoms with Crippen LogP contribution in [-0.2, 0) is 9.90 Å². The van der Waals surface area contributed by atoms with Crippen LogP contribution in [0.2, 0.25) is 0 Å². The number of rotatable bonds is 1. The van der Waals surface area contributed by atoms with Gasteiger partial charge in [-0.25, -0.2) is 5.11 Å². The molecular weight excluding hydrogens is 136 g/mol. The summed E-state index contributed by atoms with van der Waals surface area (Å²) in [5.74, 6) is -0.365. The maximum absolute atomic E-state index is 10.8. The van der Waals surface area contributed by atoms with E-state index in [4.69, 9.17) is 0 Å². The molecule has 0 N–H and O–H groups in total. The minimum absolute atomic E-state index is 0.0301. The molecule has 0 aromatic carbocycles. The Labute approximate surface area is 59.6 Å². The summed E-state index contributed by atoms with van der Waals surface area (Å²) in [4.78, 5) is 10.8. The Morgan fingerprint density at radius 1 is 1.44 bits per heavy atom. The molecule has 0 aromatic rings. The zero-order chi connectivity index (χ0) is 7.49. The highest BCUT2D eigenvalue weighted by Crippen LogP contribution is 2.21. The summed E-state index contributed by atoms with van der Waals surface area (Å²) < 4.78 is 0. The summed E-state index contributed by atoms with van der Waals surface area (Å²) in [7, 11) is 0. The van der Waals surface area contributed by atoms with E-state index in [9.17, 15) is 9.90 Å². The molecular formula is C6H11O2S. The molecule has 0 aliphatic heterocycles. The Morgan fingerprint density at radius 2 is 1.89 bits per heavy atom. The number of carbonyl (C=O) groups excluding carboxylic acids is 1. The SMILES string of the molecule is CC(C)(C)C(=O)SC[O]. The lowest BCUT2D eigenvalue weighted by Crippen LogP contribution is -2.16. The second-order valence-corrected chi connectivity index (χ2v) is 3.69. The average Bonchev–Trinajstić information content (AvgIpc) is 1.64. The first-order valence-electron chi connectivity index (χ1n) is 2.74. The lowest BCUT2D eigenvalue weighted by molar-refractivity contribution is -0.117. The van der Waals surface area contributed by atoms with E-state index in [0.29, 0.717) is 0 Å². The third kappa shape index (κ3) is 3.54.